The molecule has 2 aromatic rings. The van der Waals surface area contributed by atoms with Gasteiger partial charge < -0.3 is 0 Å². The zero-order chi connectivity index (χ0) is 16.2. The molecular weight excluding hydrogens is 313 g/mol. The third kappa shape index (κ3) is 3.86. The molecule has 7 heteroatoms. The average molecular weight is 322 g/mol. The number of thioether (sulfide) groups is 1. The first-order chi connectivity index (χ1) is 10.4. The molecule has 0 bridgehead atoms. The molecule has 0 fully saturated rings. The maximum atomic E-state index is 12.5. The standard InChI is InChI=1S/C15H9F3N2OS/c16-15(17,18)12-4-1-10(2-5-12)9-22-14-11(7-19)3-6-13(8-21)20-14/h1-6,8H,9H2. The molecule has 0 amide bonds. The molecule has 0 unspecified atom stereocenters. The molecule has 2 rings (SSSR count). The number of rotatable bonds is 4. The van der Waals surface area contributed by atoms with Gasteiger partial charge in [-0.25, -0.2) is 4.98 Å². The van der Waals surface area contributed by atoms with Gasteiger partial charge in [-0.15, -0.1) is 11.8 Å². The number of hydrogen-bond donors (Lipinski definition) is 0. The van der Waals surface area contributed by atoms with Crippen molar-refractivity contribution in [2.45, 2.75) is 17.0 Å². The maximum Gasteiger partial charge on any atom is 0.416 e. The summed E-state index contributed by atoms with van der Waals surface area (Å²) in [7, 11) is 0. The fourth-order valence-corrected chi connectivity index (χ4v) is 2.59. The molecule has 0 atom stereocenters. The fraction of sp³-hybridized carbons (Fsp3) is 0.133. The lowest BCUT2D eigenvalue weighted by Gasteiger charge is -2.08. The molecule has 0 radical (unpaired) electrons. The summed E-state index contributed by atoms with van der Waals surface area (Å²) in [6.45, 7) is 0. The quantitative estimate of drug-likeness (QED) is 0.629. The van der Waals surface area contributed by atoms with Crippen LogP contribution in [0.2, 0.25) is 0 Å². The highest BCUT2D eigenvalue weighted by Gasteiger charge is 2.29. The van der Waals surface area contributed by atoms with E-state index in [0.29, 0.717) is 28.2 Å². The molecule has 112 valence electrons. The van der Waals surface area contributed by atoms with Gasteiger partial charge in [-0.1, -0.05) is 12.1 Å². The van der Waals surface area contributed by atoms with E-state index in [1.165, 1.54) is 36.0 Å². The molecule has 0 aliphatic carbocycles. The van der Waals surface area contributed by atoms with Crippen LogP contribution in [0.4, 0.5) is 13.2 Å². The van der Waals surface area contributed by atoms with Crippen molar-refractivity contribution in [2.24, 2.45) is 0 Å². The molecule has 0 saturated heterocycles. The Morgan fingerprint density at radius 2 is 1.86 bits per heavy atom. The third-order valence-corrected chi connectivity index (χ3v) is 3.84. The number of benzene rings is 1. The van der Waals surface area contributed by atoms with Crippen LogP contribution in [-0.2, 0) is 11.9 Å². The van der Waals surface area contributed by atoms with Crippen LogP contribution in [0.5, 0.6) is 0 Å². The molecule has 22 heavy (non-hydrogen) atoms. The summed E-state index contributed by atoms with van der Waals surface area (Å²) in [4.78, 5) is 14.7. The Kier molecular flexibility index (Phi) is 4.83. The number of aromatic nitrogens is 1. The van der Waals surface area contributed by atoms with E-state index in [4.69, 9.17) is 5.26 Å². The Morgan fingerprint density at radius 1 is 1.18 bits per heavy atom. The minimum absolute atomic E-state index is 0.203. The molecular formula is C15H9F3N2OS. The van der Waals surface area contributed by atoms with Crippen LogP contribution < -0.4 is 0 Å². The Labute approximate surface area is 128 Å². The highest BCUT2D eigenvalue weighted by molar-refractivity contribution is 7.98. The smallest absolute Gasteiger partial charge is 0.296 e. The number of pyridine rings is 1. The summed E-state index contributed by atoms with van der Waals surface area (Å²) in [5, 5.41) is 9.37. The van der Waals surface area contributed by atoms with Crippen LogP contribution in [0.15, 0.2) is 41.4 Å². The first-order valence-corrected chi connectivity index (χ1v) is 7.08. The van der Waals surface area contributed by atoms with Crippen molar-refractivity contribution in [3.05, 3.63) is 58.8 Å². The largest absolute Gasteiger partial charge is 0.416 e. The molecule has 0 aliphatic rings. The van der Waals surface area contributed by atoms with Crippen LogP contribution >= 0.6 is 11.8 Å². The number of carbonyl (C=O) groups is 1. The first-order valence-electron chi connectivity index (χ1n) is 6.09. The maximum absolute atomic E-state index is 12.5. The zero-order valence-electron chi connectivity index (χ0n) is 11.1. The van der Waals surface area contributed by atoms with E-state index < -0.39 is 11.7 Å². The van der Waals surface area contributed by atoms with E-state index in [9.17, 15) is 18.0 Å². The van der Waals surface area contributed by atoms with Crippen molar-refractivity contribution < 1.29 is 18.0 Å². The molecule has 0 spiro atoms. The number of nitrogens with zero attached hydrogens (tertiary/aromatic N) is 2. The highest BCUT2D eigenvalue weighted by atomic mass is 32.2. The topological polar surface area (TPSA) is 53.8 Å². The van der Waals surface area contributed by atoms with E-state index in [-0.39, 0.29) is 5.69 Å². The predicted molar refractivity (Wildman–Crippen MR) is 75.3 cm³/mol. The number of alkyl halides is 3. The van der Waals surface area contributed by atoms with Crippen LogP contribution in [-0.4, -0.2) is 11.3 Å². The highest BCUT2D eigenvalue weighted by Crippen LogP contribution is 2.30. The van der Waals surface area contributed by atoms with E-state index in [0.717, 1.165) is 12.1 Å². The molecule has 0 saturated carbocycles. The van der Waals surface area contributed by atoms with Gasteiger partial charge in [0.1, 0.15) is 16.8 Å². The summed E-state index contributed by atoms with van der Waals surface area (Å²) < 4.78 is 37.4. The van der Waals surface area contributed by atoms with Crippen molar-refractivity contribution in [1.29, 1.82) is 5.26 Å². The normalized spacial score (nSPS) is 11.0. The molecule has 0 aliphatic heterocycles. The van der Waals surface area contributed by atoms with Gasteiger partial charge in [0.2, 0.25) is 0 Å². The third-order valence-electron chi connectivity index (χ3n) is 2.78. The Bertz CT molecular complexity index is 721. The second-order valence-corrected chi connectivity index (χ2v) is 5.27. The summed E-state index contributed by atoms with van der Waals surface area (Å²) >= 11 is 1.19. The minimum Gasteiger partial charge on any atom is -0.296 e. The molecule has 1 heterocycles. The minimum atomic E-state index is -4.36. The van der Waals surface area contributed by atoms with Crippen molar-refractivity contribution in [3.63, 3.8) is 0 Å². The first kappa shape index (κ1) is 16.0. The van der Waals surface area contributed by atoms with Crippen LogP contribution in [0.25, 0.3) is 0 Å². The molecule has 3 nitrogen and oxygen atoms in total. The van der Waals surface area contributed by atoms with Gasteiger partial charge in [0.05, 0.1) is 11.1 Å². The predicted octanol–water partition coefficient (Wildman–Crippen LogP) is 4.08. The summed E-state index contributed by atoms with van der Waals surface area (Å²) in [6, 6.07) is 9.68. The summed E-state index contributed by atoms with van der Waals surface area (Å²) in [6.07, 6.45) is -3.79. The van der Waals surface area contributed by atoms with Gasteiger partial charge in [-0.05, 0) is 29.8 Å². The molecule has 0 N–H and O–H groups in total. The van der Waals surface area contributed by atoms with Gasteiger partial charge >= 0.3 is 6.18 Å². The van der Waals surface area contributed by atoms with Gasteiger partial charge in [0, 0.05) is 5.75 Å². The Balaban J connectivity index is 2.13. The van der Waals surface area contributed by atoms with Crippen LogP contribution in [0.1, 0.15) is 27.2 Å². The lowest BCUT2D eigenvalue weighted by molar-refractivity contribution is -0.137. The van der Waals surface area contributed by atoms with Gasteiger partial charge in [-0.3, -0.25) is 4.79 Å². The average Bonchev–Trinajstić information content (AvgIpc) is 2.52. The lowest BCUT2D eigenvalue weighted by atomic mass is 10.1. The molecule has 1 aromatic heterocycles. The van der Waals surface area contributed by atoms with Crippen molar-refractivity contribution in [3.8, 4) is 6.07 Å². The Hall–Kier alpha value is -2.33. The van der Waals surface area contributed by atoms with E-state index in [1.54, 1.807) is 0 Å². The Morgan fingerprint density at radius 3 is 2.41 bits per heavy atom. The van der Waals surface area contributed by atoms with Crippen molar-refractivity contribution in [2.75, 3.05) is 0 Å². The van der Waals surface area contributed by atoms with Gasteiger partial charge in [0.25, 0.3) is 0 Å². The lowest BCUT2D eigenvalue weighted by Crippen LogP contribution is -2.04. The van der Waals surface area contributed by atoms with Crippen molar-refractivity contribution in [1.82, 2.24) is 4.98 Å². The van der Waals surface area contributed by atoms with Crippen LogP contribution in [0, 0.1) is 11.3 Å². The second kappa shape index (κ2) is 6.62. The number of halogens is 3. The van der Waals surface area contributed by atoms with Gasteiger partial charge in [0.15, 0.2) is 6.29 Å². The van der Waals surface area contributed by atoms with Crippen LogP contribution in [0.3, 0.4) is 0 Å². The summed E-state index contributed by atoms with van der Waals surface area (Å²) in [5.41, 5.74) is 0.483. The number of hydrogen-bond acceptors (Lipinski definition) is 4. The zero-order valence-corrected chi connectivity index (χ0v) is 11.9. The number of aldehydes is 1. The monoisotopic (exact) mass is 322 g/mol. The SMILES string of the molecule is N#Cc1ccc(C=O)nc1SCc1ccc(C(F)(F)F)cc1. The summed E-state index contributed by atoms with van der Waals surface area (Å²) in [5.74, 6) is 0.349. The van der Waals surface area contributed by atoms with E-state index in [2.05, 4.69) is 4.98 Å². The van der Waals surface area contributed by atoms with E-state index >= 15 is 0 Å². The molecule has 1 aromatic carbocycles. The van der Waals surface area contributed by atoms with Gasteiger partial charge in [-0.2, -0.15) is 18.4 Å². The second-order valence-electron chi connectivity index (χ2n) is 4.30. The fourth-order valence-electron chi connectivity index (χ4n) is 1.66. The number of carbonyl (C=O) groups excluding carboxylic acids is 1. The number of nitriles is 1. The van der Waals surface area contributed by atoms with Crippen molar-refractivity contribution >= 4 is 18.0 Å². The van der Waals surface area contributed by atoms with E-state index in [1.807, 2.05) is 6.07 Å².